The second-order valence-electron chi connectivity index (χ2n) is 4.89. The second kappa shape index (κ2) is 6.80. The summed E-state index contributed by atoms with van der Waals surface area (Å²) in [5.41, 5.74) is 0.901. The number of nitrogens with one attached hydrogen (secondary N) is 1. The molecule has 0 saturated carbocycles. The number of hydrogen-bond acceptors (Lipinski definition) is 4. The molecule has 1 aliphatic heterocycles. The van der Waals surface area contributed by atoms with E-state index in [0.29, 0.717) is 12.3 Å². The lowest BCUT2D eigenvalue weighted by Crippen LogP contribution is -2.22. The van der Waals surface area contributed by atoms with Crippen LogP contribution in [0.2, 0.25) is 0 Å². The molecule has 0 fully saturated rings. The summed E-state index contributed by atoms with van der Waals surface area (Å²) >= 11 is 0. The molecular formula is C16H17N3O3. The molecule has 1 N–H and O–H groups in total. The molecule has 0 spiro atoms. The van der Waals surface area contributed by atoms with Crippen molar-refractivity contribution in [2.45, 2.75) is 13.0 Å². The molecule has 1 amide bonds. The van der Waals surface area contributed by atoms with Crippen LogP contribution in [0.3, 0.4) is 0 Å². The van der Waals surface area contributed by atoms with Gasteiger partial charge in [0, 0.05) is 31.6 Å². The molecule has 22 heavy (non-hydrogen) atoms. The SMILES string of the molecule is O=C(/C=C/c1ccc2c(c1)OCO2)NCCCn1ccnc1. The van der Waals surface area contributed by atoms with Gasteiger partial charge in [0.2, 0.25) is 12.7 Å². The third kappa shape index (κ3) is 3.66. The van der Waals surface area contributed by atoms with Crippen molar-refractivity contribution in [3.05, 3.63) is 48.6 Å². The molecule has 0 aliphatic carbocycles. The van der Waals surface area contributed by atoms with Crippen LogP contribution < -0.4 is 14.8 Å². The molecule has 0 saturated heterocycles. The molecule has 0 bridgehead atoms. The first-order valence-corrected chi connectivity index (χ1v) is 7.12. The molecule has 2 heterocycles. The number of aromatic nitrogens is 2. The molecular weight excluding hydrogens is 282 g/mol. The van der Waals surface area contributed by atoms with E-state index in [0.717, 1.165) is 24.3 Å². The number of rotatable bonds is 6. The zero-order chi connectivity index (χ0) is 15.2. The summed E-state index contributed by atoms with van der Waals surface area (Å²) in [6.07, 6.45) is 9.55. The van der Waals surface area contributed by atoms with Crippen LogP contribution in [0.5, 0.6) is 11.5 Å². The van der Waals surface area contributed by atoms with Gasteiger partial charge in [-0.15, -0.1) is 0 Å². The van der Waals surface area contributed by atoms with Crippen molar-refractivity contribution in [1.29, 1.82) is 0 Å². The smallest absolute Gasteiger partial charge is 0.244 e. The Kier molecular flexibility index (Phi) is 4.38. The molecule has 1 aromatic heterocycles. The minimum Gasteiger partial charge on any atom is -0.454 e. The largest absolute Gasteiger partial charge is 0.454 e. The van der Waals surface area contributed by atoms with Gasteiger partial charge < -0.3 is 19.4 Å². The monoisotopic (exact) mass is 299 g/mol. The van der Waals surface area contributed by atoms with E-state index >= 15 is 0 Å². The summed E-state index contributed by atoms with van der Waals surface area (Å²) in [6.45, 7) is 1.72. The van der Waals surface area contributed by atoms with Gasteiger partial charge in [-0.2, -0.15) is 0 Å². The third-order valence-corrected chi connectivity index (χ3v) is 3.28. The highest BCUT2D eigenvalue weighted by molar-refractivity contribution is 5.91. The van der Waals surface area contributed by atoms with Crippen molar-refractivity contribution in [2.75, 3.05) is 13.3 Å². The van der Waals surface area contributed by atoms with Crippen molar-refractivity contribution in [3.8, 4) is 11.5 Å². The average Bonchev–Trinajstić information content (AvgIpc) is 3.20. The van der Waals surface area contributed by atoms with Crippen molar-refractivity contribution >= 4 is 12.0 Å². The van der Waals surface area contributed by atoms with Crippen molar-refractivity contribution in [1.82, 2.24) is 14.9 Å². The molecule has 114 valence electrons. The fourth-order valence-electron chi connectivity index (χ4n) is 2.14. The Morgan fingerprint density at radius 1 is 1.36 bits per heavy atom. The van der Waals surface area contributed by atoms with Gasteiger partial charge in [-0.25, -0.2) is 4.98 Å². The molecule has 0 atom stereocenters. The summed E-state index contributed by atoms with van der Waals surface area (Å²) in [5.74, 6) is 1.34. The number of fused-ring (bicyclic) bond motifs is 1. The van der Waals surface area contributed by atoms with E-state index in [1.807, 2.05) is 29.0 Å². The Morgan fingerprint density at radius 2 is 2.27 bits per heavy atom. The second-order valence-corrected chi connectivity index (χ2v) is 4.89. The van der Waals surface area contributed by atoms with Crippen molar-refractivity contribution in [2.24, 2.45) is 0 Å². The highest BCUT2D eigenvalue weighted by Gasteiger charge is 2.12. The van der Waals surface area contributed by atoms with Crippen LogP contribution in [0, 0.1) is 0 Å². The van der Waals surface area contributed by atoms with E-state index in [1.165, 1.54) is 6.08 Å². The van der Waals surface area contributed by atoms with Crippen LogP contribution in [0.25, 0.3) is 6.08 Å². The van der Waals surface area contributed by atoms with Gasteiger partial charge in [0.05, 0.1) is 6.33 Å². The number of imidazole rings is 1. The topological polar surface area (TPSA) is 65.4 Å². The van der Waals surface area contributed by atoms with Crippen molar-refractivity contribution < 1.29 is 14.3 Å². The summed E-state index contributed by atoms with van der Waals surface area (Å²) in [5, 5.41) is 2.85. The first-order chi connectivity index (χ1) is 10.8. The van der Waals surface area contributed by atoms with Crippen LogP contribution in [0.15, 0.2) is 43.0 Å². The fourth-order valence-corrected chi connectivity index (χ4v) is 2.14. The predicted octanol–water partition coefficient (Wildman–Crippen LogP) is 1.83. The van der Waals surface area contributed by atoms with E-state index in [-0.39, 0.29) is 12.7 Å². The number of carbonyl (C=O) groups excluding carboxylic acids is 1. The highest BCUT2D eigenvalue weighted by atomic mass is 16.7. The van der Waals surface area contributed by atoms with Gasteiger partial charge in [-0.05, 0) is 30.2 Å². The summed E-state index contributed by atoms with van der Waals surface area (Å²) in [4.78, 5) is 15.7. The maximum atomic E-state index is 11.7. The summed E-state index contributed by atoms with van der Waals surface area (Å²) < 4.78 is 12.5. The first-order valence-electron chi connectivity index (χ1n) is 7.12. The lowest BCUT2D eigenvalue weighted by Gasteiger charge is -2.03. The minimum absolute atomic E-state index is 0.108. The number of amides is 1. The Bertz CT molecular complexity index is 665. The zero-order valence-electron chi connectivity index (χ0n) is 12.1. The Morgan fingerprint density at radius 3 is 3.14 bits per heavy atom. The number of ether oxygens (including phenoxy) is 2. The van der Waals surface area contributed by atoms with Crippen LogP contribution in [-0.4, -0.2) is 28.8 Å². The van der Waals surface area contributed by atoms with Crippen LogP contribution in [0.4, 0.5) is 0 Å². The zero-order valence-corrected chi connectivity index (χ0v) is 12.1. The number of carbonyl (C=O) groups is 1. The molecule has 0 unspecified atom stereocenters. The van der Waals surface area contributed by atoms with Crippen LogP contribution in [-0.2, 0) is 11.3 Å². The summed E-state index contributed by atoms with van der Waals surface area (Å²) in [7, 11) is 0. The maximum absolute atomic E-state index is 11.7. The van der Waals surface area contributed by atoms with E-state index in [4.69, 9.17) is 9.47 Å². The molecule has 6 nitrogen and oxygen atoms in total. The molecule has 3 rings (SSSR count). The standard InChI is InChI=1S/C16H17N3O3/c20-16(18-6-1-8-19-9-7-17-11-19)5-3-13-2-4-14-15(10-13)22-12-21-14/h2-5,7,9-11H,1,6,8,12H2,(H,18,20)/b5-3+. The van der Waals surface area contributed by atoms with E-state index in [2.05, 4.69) is 10.3 Å². The number of hydrogen-bond donors (Lipinski definition) is 1. The van der Waals surface area contributed by atoms with Gasteiger partial charge in [-0.3, -0.25) is 4.79 Å². The van der Waals surface area contributed by atoms with Crippen LogP contribution >= 0.6 is 0 Å². The predicted molar refractivity (Wildman–Crippen MR) is 81.5 cm³/mol. The van der Waals surface area contributed by atoms with Gasteiger partial charge in [-0.1, -0.05) is 6.07 Å². The van der Waals surface area contributed by atoms with E-state index in [9.17, 15) is 4.79 Å². The van der Waals surface area contributed by atoms with Gasteiger partial charge in [0.25, 0.3) is 0 Å². The average molecular weight is 299 g/mol. The van der Waals surface area contributed by atoms with Crippen molar-refractivity contribution in [3.63, 3.8) is 0 Å². The van der Waals surface area contributed by atoms with Gasteiger partial charge in [0.15, 0.2) is 11.5 Å². The lowest BCUT2D eigenvalue weighted by molar-refractivity contribution is -0.116. The Balaban J connectivity index is 1.43. The Hall–Kier alpha value is -2.76. The number of aryl methyl sites for hydroxylation is 1. The molecule has 1 aromatic carbocycles. The number of nitrogens with zero attached hydrogens (tertiary/aromatic N) is 2. The van der Waals surface area contributed by atoms with E-state index < -0.39 is 0 Å². The third-order valence-electron chi connectivity index (χ3n) is 3.28. The summed E-state index contributed by atoms with van der Waals surface area (Å²) in [6, 6.07) is 5.58. The van der Waals surface area contributed by atoms with Gasteiger partial charge in [0.1, 0.15) is 0 Å². The molecule has 2 aromatic rings. The molecule has 0 radical (unpaired) electrons. The number of benzene rings is 1. The fraction of sp³-hybridized carbons (Fsp3) is 0.250. The highest BCUT2D eigenvalue weighted by Crippen LogP contribution is 2.32. The quantitative estimate of drug-likeness (QED) is 0.653. The maximum Gasteiger partial charge on any atom is 0.244 e. The van der Waals surface area contributed by atoms with Gasteiger partial charge >= 0.3 is 0 Å². The first kappa shape index (κ1) is 14.2. The Labute approximate surface area is 128 Å². The molecule has 1 aliphatic rings. The van der Waals surface area contributed by atoms with E-state index in [1.54, 1.807) is 18.6 Å². The lowest BCUT2D eigenvalue weighted by atomic mass is 10.2. The molecule has 6 heteroatoms. The minimum atomic E-state index is -0.108. The van der Waals surface area contributed by atoms with Crippen LogP contribution in [0.1, 0.15) is 12.0 Å². The normalized spacial score (nSPS) is 12.7.